The summed E-state index contributed by atoms with van der Waals surface area (Å²) in [6.07, 6.45) is 3.96. The predicted octanol–water partition coefficient (Wildman–Crippen LogP) is 6.33. The third-order valence-electron chi connectivity index (χ3n) is 9.26. The highest BCUT2D eigenvalue weighted by atomic mass is 19.1. The minimum absolute atomic E-state index is 0.101. The van der Waals surface area contributed by atoms with Crippen LogP contribution in [0.25, 0.3) is 5.69 Å². The summed E-state index contributed by atoms with van der Waals surface area (Å²) in [6.45, 7) is 10.5. The number of nitrogens with zero attached hydrogens (tertiary/aromatic N) is 5. The molecule has 6 rings (SSSR count). The third kappa shape index (κ3) is 6.47. The fraction of sp³-hybridized carbons (Fsp3) is 0.429. The lowest BCUT2D eigenvalue weighted by Gasteiger charge is -2.37. The Morgan fingerprint density at radius 3 is 2.11 bits per heavy atom. The van der Waals surface area contributed by atoms with Crippen molar-refractivity contribution in [1.29, 1.82) is 0 Å². The quantitative estimate of drug-likeness (QED) is 0.207. The molecule has 4 aromatic rings. The van der Waals surface area contributed by atoms with E-state index in [2.05, 4.69) is 53.0 Å². The molecule has 1 aromatic heterocycles. The third-order valence-corrected chi connectivity index (χ3v) is 9.26. The summed E-state index contributed by atoms with van der Waals surface area (Å²) in [7, 11) is 0. The number of hydrogen-bond donors (Lipinski definition) is 0. The minimum atomic E-state index is -0.795. The normalized spacial score (nSPS) is 20.3. The van der Waals surface area contributed by atoms with Crippen molar-refractivity contribution in [2.24, 2.45) is 5.92 Å². The SMILES string of the molecule is CCC(CC)n1ncn(-c2ccc(N3CCN(c4ccc(OCC5COC(C)(c6ccc(F)cc6F)C5)cc4)CC3)cc2)c1=O. The van der Waals surface area contributed by atoms with Crippen LogP contribution < -0.4 is 20.2 Å². The maximum absolute atomic E-state index is 14.4. The van der Waals surface area contributed by atoms with Gasteiger partial charge < -0.3 is 19.3 Å². The molecule has 8 nitrogen and oxygen atoms in total. The topological polar surface area (TPSA) is 64.8 Å². The number of piperazine rings is 1. The zero-order valence-corrected chi connectivity index (χ0v) is 26.2. The van der Waals surface area contributed by atoms with Crippen LogP contribution in [-0.4, -0.2) is 53.7 Å². The van der Waals surface area contributed by atoms with E-state index in [4.69, 9.17) is 9.47 Å². The second-order valence-electron chi connectivity index (χ2n) is 12.2. The van der Waals surface area contributed by atoms with E-state index in [0.29, 0.717) is 25.2 Å². The zero-order chi connectivity index (χ0) is 31.6. The molecule has 0 aliphatic carbocycles. The van der Waals surface area contributed by atoms with Gasteiger partial charge in [0.1, 0.15) is 23.7 Å². The van der Waals surface area contributed by atoms with Gasteiger partial charge in [0.2, 0.25) is 0 Å². The van der Waals surface area contributed by atoms with Gasteiger partial charge >= 0.3 is 5.69 Å². The molecule has 2 aliphatic heterocycles. The van der Waals surface area contributed by atoms with Crippen molar-refractivity contribution >= 4 is 11.4 Å². The molecule has 45 heavy (non-hydrogen) atoms. The minimum Gasteiger partial charge on any atom is -0.493 e. The predicted molar refractivity (Wildman–Crippen MR) is 172 cm³/mol. The van der Waals surface area contributed by atoms with Gasteiger partial charge in [0.15, 0.2) is 0 Å². The molecule has 10 heteroatoms. The van der Waals surface area contributed by atoms with Crippen LogP contribution in [0.2, 0.25) is 0 Å². The molecule has 0 spiro atoms. The lowest BCUT2D eigenvalue weighted by atomic mass is 9.89. The van der Waals surface area contributed by atoms with Crippen LogP contribution in [0.3, 0.4) is 0 Å². The van der Waals surface area contributed by atoms with E-state index in [9.17, 15) is 13.6 Å². The molecule has 0 amide bonds. The first kappa shape index (κ1) is 30.8. The van der Waals surface area contributed by atoms with Crippen LogP contribution in [-0.2, 0) is 10.3 Å². The van der Waals surface area contributed by atoms with Gasteiger partial charge in [-0.2, -0.15) is 5.10 Å². The summed E-state index contributed by atoms with van der Waals surface area (Å²) in [5.74, 6) is -0.285. The van der Waals surface area contributed by atoms with E-state index in [-0.39, 0.29) is 17.6 Å². The van der Waals surface area contributed by atoms with E-state index in [1.165, 1.54) is 12.1 Å². The molecule has 2 fully saturated rings. The Morgan fingerprint density at radius 1 is 0.911 bits per heavy atom. The molecular weight excluding hydrogens is 576 g/mol. The fourth-order valence-corrected chi connectivity index (χ4v) is 6.58. The zero-order valence-electron chi connectivity index (χ0n) is 26.2. The largest absolute Gasteiger partial charge is 0.493 e. The van der Waals surface area contributed by atoms with E-state index in [1.54, 1.807) is 15.6 Å². The maximum atomic E-state index is 14.4. The van der Waals surface area contributed by atoms with Gasteiger partial charge in [-0.3, -0.25) is 0 Å². The standard InChI is InChI=1S/C35H41F2N5O3/c1-4-27(5-2)42-34(43)41(24-38-42)30-9-7-28(8-10-30)39-16-18-40(19-17-39)29-11-13-31(14-12-29)44-22-25-21-35(3,45-23-25)32-15-6-26(36)20-33(32)37/h6-15,20,24-25,27H,4-5,16-19,21-23H2,1-3H3. The molecule has 2 atom stereocenters. The van der Waals surface area contributed by atoms with Crippen molar-refractivity contribution in [1.82, 2.24) is 14.3 Å². The van der Waals surface area contributed by atoms with Gasteiger partial charge in [-0.1, -0.05) is 19.9 Å². The number of hydrogen-bond acceptors (Lipinski definition) is 6. The molecular formula is C35H41F2N5O3. The number of rotatable bonds is 10. The maximum Gasteiger partial charge on any atom is 0.350 e. The number of aromatic nitrogens is 3. The van der Waals surface area contributed by atoms with E-state index < -0.39 is 17.2 Å². The molecule has 2 saturated heterocycles. The highest BCUT2D eigenvalue weighted by Crippen LogP contribution is 2.40. The molecule has 2 aliphatic rings. The van der Waals surface area contributed by atoms with Gasteiger partial charge in [0.25, 0.3) is 0 Å². The van der Waals surface area contributed by atoms with E-state index >= 15 is 0 Å². The molecule has 3 heterocycles. The molecule has 0 radical (unpaired) electrons. The molecule has 3 aromatic carbocycles. The van der Waals surface area contributed by atoms with Crippen LogP contribution in [0.15, 0.2) is 77.9 Å². The summed E-state index contributed by atoms with van der Waals surface area (Å²) in [5.41, 5.74) is 2.58. The first-order valence-electron chi connectivity index (χ1n) is 15.9. The fourth-order valence-electron chi connectivity index (χ4n) is 6.58. The van der Waals surface area contributed by atoms with E-state index in [1.807, 2.05) is 31.2 Å². The average molecular weight is 618 g/mol. The van der Waals surface area contributed by atoms with Crippen molar-refractivity contribution in [2.75, 3.05) is 49.2 Å². The Labute approximate surface area is 262 Å². The van der Waals surface area contributed by atoms with Crippen LogP contribution >= 0.6 is 0 Å². The molecule has 2 unspecified atom stereocenters. The van der Waals surface area contributed by atoms with Gasteiger partial charge in [-0.15, -0.1) is 0 Å². The second-order valence-corrected chi connectivity index (χ2v) is 12.2. The van der Waals surface area contributed by atoms with Crippen LogP contribution in [0.5, 0.6) is 5.75 Å². The van der Waals surface area contributed by atoms with E-state index in [0.717, 1.165) is 67.9 Å². The van der Waals surface area contributed by atoms with Gasteiger partial charge in [0.05, 0.1) is 30.5 Å². The molecule has 0 N–H and O–H groups in total. The Hall–Kier alpha value is -4.18. The highest BCUT2D eigenvalue weighted by Gasteiger charge is 2.40. The summed E-state index contributed by atoms with van der Waals surface area (Å²) in [6, 6.07) is 20.0. The first-order valence-corrected chi connectivity index (χ1v) is 15.9. The first-order chi connectivity index (χ1) is 21.8. The Morgan fingerprint density at radius 2 is 1.51 bits per heavy atom. The van der Waals surface area contributed by atoms with Gasteiger partial charge in [-0.05, 0) is 80.8 Å². The number of ether oxygens (including phenoxy) is 2. The monoisotopic (exact) mass is 617 g/mol. The number of halogens is 2. The number of benzene rings is 3. The van der Waals surface area contributed by atoms with Crippen molar-refractivity contribution in [3.63, 3.8) is 0 Å². The van der Waals surface area contributed by atoms with Gasteiger partial charge in [-0.25, -0.2) is 22.8 Å². The molecule has 0 bridgehead atoms. The Balaban J connectivity index is 0.991. The summed E-state index contributed by atoms with van der Waals surface area (Å²) >= 11 is 0. The number of anilines is 2. The smallest absolute Gasteiger partial charge is 0.350 e. The summed E-state index contributed by atoms with van der Waals surface area (Å²) in [5, 5.41) is 4.35. The van der Waals surface area contributed by atoms with Crippen LogP contribution in [0, 0.1) is 17.6 Å². The Kier molecular flexibility index (Phi) is 8.94. The van der Waals surface area contributed by atoms with Crippen molar-refractivity contribution in [2.45, 2.75) is 51.7 Å². The second kappa shape index (κ2) is 13.0. The summed E-state index contributed by atoms with van der Waals surface area (Å²) in [4.78, 5) is 17.6. The lowest BCUT2D eigenvalue weighted by Crippen LogP contribution is -2.46. The lowest BCUT2D eigenvalue weighted by molar-refractivity contribution is 0.0121. The summed E-state index contributed by atoms with van der Waals surface area (Å²) < 4.78 is 43.0. The Bertz CT molecular complexity index is 1640. The molecule has 238 valence electrons. The van der Waals surface area contributed by atoms with Crippen LogP contribution in [0.1, 0.15) is 51.6 Å². The van der Waals surface area contributed by atoms with Crippen LogP contribution in [0.4, 0.5) is 20.2 Å². The molecule has 0 saturated carbocycles. The van der Waals surface area contributed by atoms with Crippen molar-refractivity contribution in [3.05, 3.63) is 101 Å². The van der Waals surface area contributed by atoms with Crippen molar-refractivity contribution < 1.29 is 18.3 Å². The highest BCUT2D eigenvalue weighted by molar-refractivity contribution is 5.54. The van der Waals surface area contributed by atoms with Crippen molar-refractivity contribution in [3.8, 4) is 11.4 Å². The average Bonchev–Trinajstić information content (AvgIpc) is 3.63. The van der Waals surface area contributed by atoms with Gasteiger partial charge in [0, 0.05) is 55.1 Å².